The molecule has 0 atom stereocenters. The minimum Gasteiger partial charge on any atom is -0.476 e. The molecule has 0 saturated heterocycles. The van der Waals surface area contributed by atoms with Crippen LogP contribution >= 0.6 is 0 Å². The molecule has 11 heavy (non-hydrogen) atoms. The van der Waals surface area contributed by atoms with Crippen LogP contribution < -0.4 is 4.74 Å². The summed E-state index contributed by atoms with van der Waals surface area (Å²) in [6, 6.07) is 1.89. The maximum atomic E-state index is 5.42. The van der Waals surface area contributed by atoms with Crippen molar-refractivity contribution in [1.82, 2.24) is 9.78 Å². The summed E-state index contributed by atoms with van der Waals surface area (Å²) in [6.07, 6.45) is 4.54. The first-order valence-electron chi connectivity index (χ1n) is 3.97. The zero-order valence-corrected chi connectivity index (χ0v) is 6.66. The van der Waals surface area contributed by atoms with Gasteiger partial charge in [-0.2, -0.15) is 0 Å². The second kappa shape index (κ2) is 2.57. The number of ether oxygens (including phenoxy) is 1. The predicted molar refractivity (Wildman–Crippen MR) is 41.4 cm³/mol. The van der Waals surface area contributed by atoms with Gasteiger partial charge in [0.25, 0.3) is 0 Å². The molecule has 0 amide bonds. The Morgan fingerprint density at radius 1 is 1.73 bits per heavy atom. The normalized spacial score (nSPS) is 16.8. The van der Waals surface area contributed by atoms with E-state index in [4.69, 9.17) is 4.74 Å². The SMILES string of the molecule is Cn1ccc(OCC2CC2)n1. The molecule has 1 saturated carbocycles. The molecule has 0 aromatic carbocycles. The lowest BCUT2D eigenvalue weighted by atomic mass is 10.5. The van der Waals surface area contributed by atoms with E-state index in [1.807, 2.05) is 19.3 Å². The summed E-state index contributed by atoms with van der Waals surface area (Å²) in [5.41, 5.74) is 0. The molecule has 1 aromatic heterocycles. The van der Waals surface area contributed by atoms with Gasteiger partial charge in [0.05, 0.1) is 6.61 Å². The summed E-state index contributed by atoms with van der Waals surface area (Å²) >= 11 is 0. The van der Waals surface area contributed by atoms with Crippen molar-refractivity contribution < 1.29 is 4.74 Å². The zero-order chi connectivity index (χ0) is 7.68. The molecule has 0 aliphatic heterocycles. The third-order valence-electron chi connectivity index (χ3n) is 1.85. The van der Waals surface area contributed by atoms with Gasteiger partial charge in [-0.15, -0.1) is 5.10 Å². The molecule has 1 heterocycles. The second-order valence-corrected chi connectivity index (χ2v) is 3.08. The Bertz CT molecular complexity index is 240. The maximum Gasteiger partial charge on any atom is 0.232 e. The van der Waals surface area contributed by atoms with Crippen molar-refractivity contribution in [3.8, 4) is 5.88 Å². The van der Waals surface area contributed by atoms with Crippen LogP contribution in [0.3, 0.4) is 0 Å². The Morgan fingerprint density at radius 3 is 3.09 bits per heavy atom. The van der Waals surface area contributed by atoms with E-state index in [1.165, 1.54) is 12.8 Å². The third-order valence-corrected chi connectivity index (χ3v) is 1.85. The Balaban J connectivity index is 1.85. The number of rotatable bonds is 3. The molecule has 1 aliphatic carbocycles. The molecule has 0 bridgehead atoms. The van der Waals surface area contributed by atoms with Crippen LogP contribution in [0.5, 0.6) is 5.88 Å². The average molecular weight is 152 g/mol. The van der Waals surface area contributed by atoms with E-state index in [2.05, 4.69) is 5.10 Å². The minimum absolute atomic E-state index is 0.749. The van der Waals surface area contributed by atoms with Gasteiger partial charge in [0, 0.05) is 19.3 Å². The lowest BCUT2D eigenvalue weighted by Gasteiger charge is -1.98. The highest BCUT2D eigenvalue weighted by atomic mass is 16.5. The van der Waals surface area contributed by atoms with Crippen molar-refractivity contribution in [2.45, 2.75) is 12.8 Å². The van der Waals surface area contributed by atoms with E-state index in [0.29, 0.717) is 0 Å². The highest BCUT2D eigenvalue weighted by Crippen LogP contribution is 2.29. The number of hydrogen-bond acceptors (Lipinski definition) is 2. The van der Waals surface area contributed by atoms with Gasteiger partial charge in [-0.3, -0.25) is 4.68 Å². The van der Waals surface area contributed by atoms with Crippen molar-refractivity contribution in [3.63, 3.8) is 0 Å². The van der Waals surface area contributed by atoms with Crippen LogP contribution in [0, 0.1) is 5.92 Å². The quantitative estimate of drug-likeness (QED) is 0.651. The minimum atomic E-state index is 0.749. The second-order valence-electron chi connectivity index (χ2n) is 3.08. The predicted octanol–water partition coefficient (Wildman–Crippen LogP) is 1.21. The van der Waals surface area contributed by atoms with Crippen LogP contribution in [0.1, 0.15) is 12.8 Å². The molecular weight excluding hydrogens is 140 g/mol. The molecule has 1 aromatic rings. The molecule has 2 rings (SSSR count). The van der Waals surface area contributed by atoms with Crippen molar-refractivity contribution >= 4 is 0 Å². The Kier molecular flexibility index (Phi) is 1.56. The van der Waals surface area contributed by atoms with Gasteiger partial charge in [-0.25, -0.2) is 0 Å². The Hall–Kier alpha value is -0.990. The van der Waals surface area contributed by atoms with E-state index in [9.17, 15) is 0 Å². The maximum absolute atomic E-state index is 5.42. The van der Waals surface area contributed by atoms with Crippen molar-refractivity contribution in [2.24, 2.45) is 13.0 Å². The van der Waals surface area contributed by atoms with Crippen LogP contribution in [-0.4, -0.2) is 16.4 Å². The molecule has 0 spiro atoms. The van der Waals surface area contributed by atoms with E-state index < -0.39 is 0 Å². The summed E-state index contributed by atoms with van der Waals surface area (Å²) in [5.74, 6) is 1.55. The Morgan fingerprint density at radius 2 is 2.55 bits per heavy atom. The smallest absolute Gasteiger partial charge is 0.232 e. The molecule has 0 radical (unpaired) electrons. The number of aryl methyl sites for hydroxylation is 1. The lowest BCUT2D eigenvalue weighted by molar-refractivity contribution is 0.285. The fourth-order valence-corrected chi connectivity index (χ4v) is 0.958. The molecule has 60 valence electrons. The van der Waals surface area contributed by atoms with E-state index in [1.54, 1.807) is 4.68 Å². The monoisotopic (exact) mass is 152 g/mol. The summed E-state index contributed by atoms with van der Waals surface area (Å²) < 4.78 is 7.17. The number of hydrogen-bond donors (Lipinski definition) is 0. The summed E-state index contributed by atoms with van der Waals surface area (Å²) in [7, 11) is 1.89. The van der Waals surface area contributed by atoms with Gasteiger partial charge >= 0.3 is 0 Å². The van der Waals surface area contributed by atoms with E-state index >= 15 is 0 Å². The zero-order valence-electron chi connectivity index (χ0n) is 6.66. The van der Waals surface area contributed by atoms with Gasteiger partial charge < -0.3 is 4.74 Å². The standard InChI is InChI=1S/C8H12N2O/c1-10-5-4-8(9-10)11-6-7-2-3-7/h4-5,7H,2-3,6H2,1H3. The first-order valence-corrected chi connectivity index (χ1v) is 3.97. The molecule has 3 nitrogen and oxygen atoms in total. The van der Waals surface area contributed by atoms with Crippen LogP contribution in [0.4, 0.5) is 0 Å². The lowest BCUT2D eigenvalue weighted by Crippen LogP contribution is -1.99. The van der Waals surface area contributed by atoms with Crippen molar-refractivity contribution in [1.29, 1.82) is 0 Å². The first-order chi connectivity index (χ1) is 5.34. The van der Waals surface area contributed by atoms with Crippen LogP contribution in [0.15, 0.2) is 12.3 Å². The highest BCUT2D eigenvalue weighted by molar-refractivity contribution is 5.05. The topological polar surface area (TPSA) is 27.1 Å². The largest absolute Gasteiger partial charge is 0.476 e. The molecule has 0 N–H and O–H groups in total. The van der Waals surface area contributed by atoms with Gasteiger partial charge in [0.1, 0.15) is 0 Å². The van der Waals surface area contributed by atoms with Crippen LogP contribution in [0.25, 0.3) is 0 Å². The highest BCUT2D eigenvalue weighted by Gasteiger charge is 2.22. The molecule has 1 aliphatic rings. The fourth-order valence-electron chi connectivity index (χ4n) is 0.958. The molecule has 1 fully saturated rings. The molecule has 0 unspecified atom stereocenters. The van der Waals surface area contributed by atoms with Gasteiger partial charge in [-0.1, -0.05) is 0 Å². The number of aromatic nitrogens is 2. The number of nitrogens with zero attached hydrogens (tertiary/aromatic N) is 2. The average Bonchev–Trinajstić information content (AvgIpc) is 2.72. The van der Waals surface area contributed by atoms with Gasteiger partial charge in [0.15, 0.2) is 0 Å². The molecule has 3 heteroatoms. The Labute approximate surface area is 66.0 Å². The summed E-state index contributed by atoms with van der Waals surface area (Å²) in [6.45, 7) is 0.844. The van der Waals surface area contributed by atoms with Crippen LogP contribution in [0.2, 0.25) is 0 Å². The van der Waals surface area contributed by atoms with Gasteiger partial charge in [0.2, 0.25) is 5.88 Å². The fraction of sp³-hybridized carbons (Fsp3) is 0.625. The van der Waals surface area contributed by atoms with Gasteiger partial charge in [-0.05, 0) is 18.8 Å². The van der Waals surface area contributed by atoms with E-state index in [0.717, 1.165) is 18.4 Å². The van der Waals surface area contributed by atoms with E-state index in [-0.39, 0.29) is 0 Å². The summed E-state index contributed by atoms with van der Waals surface area (Å²) in [5, 5.41) is 4.10. The van der Waals surface area contributed by atoms with Crippen LogP contribution in [-0.2, 0) is 7.05 Å². The first kappa shape index (κ1) is 6.70. The molecular formula is C8H12N2O. The van der Waals surface area contributed by atoms with Crippen molar-refractivity contribution in [2.75, 3.05) is 6.61 Å². The summed E-state index contributed by atoms with van der Waals surface area (Å²) in [4.78, 5) is 0. The van der Waals surface area contributed by atoms with Crippen molar-refractivity contribution in [3.05, 3.63) is 12.3 Å². The third kappa shape index (κ3) is 1.73.